The Balaban J connectivity index is 1.62. The van der Waals surface area contributed by atoms with Crippen molar-refractivity contribution >= 4 is 27.3 Å². The molecule has 2 heterocycles. The van der Waals surface area contributed by atoms with E-state index in [4.69, 9.17) is 11.6 Å². The third kappa shape index (κ3) is 5.33. The van der Waals surface area contributed by atoms with E-state index < -0.39 is 21.8 Å². The van der Waals surface area contributed by atoms with Gasteiger partial charge in [0.2, 0.25) is 0 Å². The standard InChI is InChI=1S/C22H22ClF3N4O2S/c1-14-6-16(8-15-4-2-3-5-15)9-18(7-14)29-33(31,32)20-12-27-13-30(20)21-19(23)10-17(11-28-21)22(24,25)26/h6-7,9-13,15,29H,2-5,8H2,1H3. The van der Waals surface area contributed by atoms with Crippen molar-refractivity contribution in [1.29, 1.82) is 0 Å². The second-order valence-electron chi connectivity index (χ2n) is 8.30. The molecule has 0 radical (unpaired) electrons. The zero-order chi connectivity index (χ0) is 23.8. The molecule has 0 bridgehead atoms. The molecule has 4 rings (SSSR count). The van der Waals surface area contributed by atoms with E-state index in [1.807, 2.05) is 19.1 Å². The average molecular weight is 499 g/mol. The molecule has 0 unspecified atom stereocenters. The highest BCUT2D eigenvalue weighted by atomic mass is 35.5. The highest BCUT2D eigenvalue weighted by Gasteiger charge is 2.32. The van der Waals surface area contributed by atoms with Crippen LogP contribution in [0.1, 0.15) is 42.4 Å². The number of hydrogen-bond acceptors (Lipinski definition) is 4. The highest BCUT2D eigenvalue weighted by Crippen LogP contribution is 2.33. The molecule has 3 aromatic rings. The Morgan fingerprint density at radius 2 is 1.88 bits per heavy atom. The van der Waals surface area contributed by atoms with Gasteiger partial charge < -0.3 is 0 Å². The Kier molecular flexibility index (Phi) is 6.41. The summed E-state index contributed by atoms with van der Waals surface area (Å²) in [4.78, 5) is 7.58. The number of imidazole rings is 1. The van der Waals surface area contributed by atoms with Gasteiger partial charge in [-0.05, 0) is 48.6 Å². The molecule has 1 saturated carbocycles. The number of nitrogens with one attached hydrogen (secondary N) is 1. The first kappa shape index (κ1) is 23.6. The summed E-state index contributed by atoms with van der Waals surface area (Å²) in [5.41, 5.74) is 1.35. The van der Waals surface area contributed by atoms with Crippen LogP contribution in [0, 0.1) is 12.8 Å². The second-order valence-corrected chi connectivity index (χ2v) is 10.3. The number of aromatic nitrogens is 3. The first-order chi connectivity index (χ1) is 15.5. The SMILES string of the molecule is Cc1cc(CC2CCCC2)cc(NS(=O)(=O)c2cncn2-c2ncc(C(F)(F)F)cc2Cl)c1. The molecule has 0 aliphatic heterocycles. The van der Waals surface area contributed by atoms with Gasteiger partial charge in [0.25, 0.3) is 10.0 Å². The topological polar surface area (TPSA) is 76.9 Å². The number of nitrogens with zero attached hydrogens (tertiary/aromatic N) is 3. The molecule has 1 fully saturated rings. The van der Waals surface area contributed by atoms with E-state index in [9.17, 15) is 21.6 Å². The fraction of sp³-hybridized carbons (Fsp3) is 0.364. The van der Waals surface area contributed by atoms with Crippen LogP contribution in [0.2, 0.25) is 5.02 Å². The first-order valence-electron chi connectivity index (χ1n) is 10.4. The van der Waals surface area contributed by atoms with Crippen molar-refractivity contribution in [3.63, 3.8) is 0 Å². The summed E-state index contributed by atoms with van der Waals surface area (Å²) >= 11 is 6.01. The summed E-state index contributed by atoms with van der Waals surface area (Å²) in [6, 6.07) is 6.28. The summed E-state index contributed by atoms with van der Waals surface area (Å²) in [6.07, 6.45) is 3.89. The van der Waals surface area contributed by atoms with Crippen LogP contribution in [0.5, 0.6) is 0 Å². The molecule has 0 atom stereocenters. The minimum atomic E-state index is -4.62. The normalized spacial score (nSPS) is 15.2. The van der Waals surface area contributed by atoms with Crippen molar-refractivity contribution in [2.45, 2.75) is 50.2 Å². The van der Waals surface area contributed by atoms with Crippen LogP contribution in [0.15, 0.2) is 48.0 Å². The maximum atomic E-state index is 13.1. The van der Waals surface area contributed by atoms with Crippen LogP contribution >= 0.6 is 11.6 Å². The third-order valence-electron chi connectivity index (χ3n) is 5.65. The number of rotatable bonds is 6. The van der Waals surface area contributed by atoms with Crippen molar-refractivity contribution in [2.24, 2.45) is 5.92 Å². The van der Waals surface area contributed by atoms with Gasteiger partial charge >= 0.3 is 6.18 Å². The van der Waals surface area contributed by atoms with E-state index in [1.165, 1.54) is 25.7 Å². The molecule has 0 amide bonds. The summed E-state index contributed by atoms with van der Waals surface area (Å²) < 4.78 is 68.6. The average Bonchev–Trinajstić information content (AvgIpc) is 3.38. The maximum absolute atomic E-state index is 13.1. The number of aryl methyl sites for hydroxylation is 1. The lowest BCUT2D eigenvalue weighted by Crippen LogP contribution is -2.18. The minimum absolute atomic E-state index is 0.172. The smallest absolute Gasteiger partial charge is 0.278 e. The Hall–Kier alpha value is -2.59. The van der Waals surface area contributed by atoms with E-state index in [1.54, 1.807) is 6.07 Å². The van der Waals surface area contributed by atoms with Gasteiger partial charge in [-0.25, -0.2) is 9.97 Å². The number of pyridine rings is 1. The third-order valence-corrected chi connectivity index (χ3v) is 7.28. The number of benzene rings is 1. The van der Waals surface area contributed by atoms with Gasteiger partial charge in [-0.15, -0.1) is 0 Å². The number of sulfonamides is 1. The van der Waals surface area contributed by atoms with E-state index in [0.717, 1.165) is 34.6 Å². The molecule has 1 aromatic carbocycles. The molecule has 6 nitrogen and oxygen atoms in total. The summed E-state index contributed by atoms with van der Waals surface area (Å²) in [5.74, 6) is 0.430. The lowest BCUT2D eigenvalue weighted by atomic mass is 9.96. The Bertz CT molecular complexity index is 1270. The van der Waals surface area contributed by atoms with E-state index >= 15 is 0 Å². The van der Waals surface area contributed by atoms with Crippen molar-refractivity contribution in [3.05, 3.63) is 64.7 Å². The van der Waals surface area contributed by atoms with Crippen LogP contribution in [-0.4, -0.2) is 23.0 Å². The van der Waals surface area contributed by atoms with Crippen molar-refractivity contribution in [3.8, 4) is 5.82 Å². The number of halogens is 4. The van der Waals surface area contributed by atoms with Crippen LogP contribution in [-0.2, 0) is 22.6 Å². The maximum Gasteiger partial charge on any atom is 0.417 e. The zero-order valence-electron chi connectivity index (χ0n) is 17.7. The van der Waals surface area contributed by atoms with E-state index in [0.29, 0.717) is 23.9 Å². The Morgan fingerprint density at radius 1 is 1.15 bits per heavy atom. The van der Waals surface area contributed by atoms with Crippen molar-refractivity contribution in [2.75, 3.05) is 4.72 Å². The Labute approximate surface area is 194 Å². The molecule has 33 heavy (non-hydrogen) atoms. The Morgan fingerprint density at radius 3 is 2.55 bits per heavy atom. The molecule has 0 spiro atoms. The molecule has 11 heteroatoms. The van der Waals surface area contributed by atoms with Crippen LogP contribution in [0.25, 0.3) is 5.82 Å². The monoisotopic (exact) mass is 498 g/mol. The molecule has 1 aliphatic rings. The molecular weight excluding hydrogens is 477 g/mol. The predicted molar refractivity (Wildman–Crippen MR) is 119 cm³/mol. The molecule has 1 aliphatic carbocycles. The van der Waals surface area contributed by atoms with Gasteiger partial charge in [0.05, 0.1) is 16.8 Å². The summed E-state index contributed by atoms with van der Waals surface area (Å²) in [5, 5.41) is -0.649. The first-order valence-corrected chi connectivity index (χ1v) is 12.3. The molecule has 0 saturated heterocycles. The van der Waals surface area contributed by atoms with E-state index in [-0.39, 0.29) is 15.9 Å². The van der Waals surface area contributed by atoms with Crippen LogP contribution in [0.3, 0.4) is 0 Å². The van der Waals surface area contributed by atoms with E-state index in [2.05, 4.69) is 14.7 Å². The zero-order valence-corrected chi connectivity index (χ0v) is 19.3. The molecule has 2 aromatic heterocycles. The molecular formula is C22H22ClF3N4O2S. The minimum Gasteiger partial charge on any atom is -0.278 e. The highest BCUT2D eigenvalue weighted by molar-refractivity contribution is 7.92. The van der Waals surface area contributed by atoms with Gasteiger partial charge in [-0.2, -0.15) is 21.6 Å². The fourth-order valence-electron chi connectivity index (χ4n) is 4.20. The van der Waals surface area contributed by atoms with Crippen LogP contribution in [0.4, 0.5) is 18.9 Å². The number of hydrogen-bond donors (Lipinski definition) is 1. The quantitative estimate of drug-likeness (QED) is 0.467. The fourth-order valence-corrected chi connectivity index (χ4v) is 5.58. The summed E-state index contributed by atoms with van der Waals surface area (Å²) in [7, 11) is -4.14. The van der Waals surface area contributed by atoms with Gasteiger partial charge in [0.15, 0.2) is 10.8 Å². The summed E-state index contributed by atoms with van der Waals surface area (Å²) in [6.45, 7) is 1.89. The van der Waals surface area contributed by atoms with Gasteiger partial charge in [0, 0.05) is 11.9 Å². The van der Waals surface area contributed by atoms with Crippen molar-refractivity contribution in [1.82, 2.24) is 14.5 Å². The van der Waals surface area contributed by atoms with Crippen molar-refractivity contribution < 1.29 is 21.6 Å². The van der Waals surface area contributed by atoms with Gasteiger partial charge in [-0.1, -0.05) is 43.4 Å². The lowest BCUT2D eigenvalue weighted by Gasteiger charge is -2.15. The predicted octanol–water partition coefficient (Wildman–Crippen LogP) is 5.78. The van der Waals surface area contributed by atoms with Gasteiger partial charge in [-0.3, -0.25) is 9.29 Å². The number of anilines is 1. The van der Waals surface area contributed by atoms with Gasteiger partial charge in [0.1, 0.15) is 6.33 Å². The lowest BCUT2D eigenvalue weighted by molar-refractivity contribution is -0.137. The second kappa shape index (κ2) is 8.98. The number of alkyl halides is 3. The molecule has 1 N–H and O–H groups in total. The molecule has 176 valence electrons. The largest absolute Gasteiger partial charge is 0.417 e. The van der Waals surface area contributed by atoms with Crippen LogP contribution < -0.4 is 4.72 Å².